The normalized spacial score (nSPS) is 17.9. The van der Waals surface area contributed by atoms with Crippen LogP contribution < -0.4 is 9.47 Å². The lowest BCUT2D eigenvalue weighted by Crippen LogP contribution is -2.18. The molecule has 0 aliphatic carbocycles. The molecule has 1 aliphatic rings. The van der Waals surface area contributed by atoms with Gasteiger partial charge in [0.15, 0.2) is 5.75 Å². The van der Waals surface area contributed by atoms with E-state index in [1.807, 2.05) is 0 Å². The minimum atomic E-state index is -0.742. The average Bonchev–Trinajstić information content (AvgIpc) is 2.36. The molecule has 0 unspecified atom stereocenters. The lowest BCUT2D eigenvalue weighted by atomic mass is 9.99. The Kier molecular flexibility index (Phi) is 3.26. The van der Waals surface area contributed by atoms with E-state index in [2.05, 4.69) is 4.98 Å². The van der Waals surface area contributed by atoms with Crippen LogP contribution in [0.4, 0.5) is 0 Å². The Hall–Kier alpha value is -1.33. The summed E-state index contributed by atoms with van der Waals surface area (Å²) in [7, 11) is 0. The number of ether oxygens (including phenoxy) is 2. The van der Waals surface area contributed by atoms with Crippen LogP contribution in [0.15, 0.2) is 12.3 Å². The molecule has 0 saturated carbocycles. The van der Waals surface area contributed by atoms with E-state index in [9.17, 15) is 5.11 Å². The van der Waals surface area contributed by atoms with E-state index >= 15 is 0 Å². The van der Waals surface area contributed by atoms with Gasteiger partial charge in [-0.3, -0.25) is 0 Å². The Morgan fingerprint density at radius 2 is 2.19 bits per heavy atom. The molecule has 1 aliphatic heterocycles. The van der Waals surface area contributed by atoms with Crippen LogP contribution in [0, 0.1) is 5.92 Å². The van der Waals surface area contributed by atoms with Crippen molar-refractivity contribution in [3.8, 4) is 11.6 Å². The van der Waals surface area contributed by atoms with Crippen LogP contribution in [0.25, 0.3) is 0 Å². The number of rotatable bonds is 3. The molecule has 5 heteroatoms. The van der Waals surface area contributed by atoms with Crippen molar-refractivity contribution in [2.75, 3.05) is 19.8 Å². The molecule has 5 nitrogen and oxygen atoms in total. The molecule has 2 rings (SSSR count). The van der Waals surface area contributed by atoms with Crippen molar-refractivity contribution in [2.45, 2.75) is 13.0 Å². The van der Waals surface area contributed by atoms with Crippen LogP contribution in [-0.2, 0) is 0 Å². The molecule has 0 spiro atoms. The Bertz CT molecular complexity index is 369. The summed E-state index contributed by atoms with van der Waals surface area (Å²) in [4.78, 5) is 4.07. The first-order chi connectivity index (χ1) is 7.72. The van der Waals surface area contributed by atoms with Gasteiger partial charge in [0.1, 0.15) is 13.2 Å². The van der Waals surface area contributed by atoms with Crippen molar-refractivity contribution in [2.24, 2.45) is 5.92 Å². The highest BCUT2D eigenvalue weighted by molar-refractivity contribution is 5.38. The Morgan fingerprint density at radius 1 is 1.44 bits per heavy atom. The second-order valence-electron chi connectivity index (χ2n) is 3.87. The quantitative estimate of drug-likeness (QED) is 0.784. The van der Waals surface area contributed by atoms with Gasteiger partial charge in [0.25, 0.3) is 5.88 Å². The molecule has 0 bridgehead atoms. The van der Waals surface area contributed by atoms with Gasteiger partial charge in [-0.05, 0) is 6.07 Å². The van der Waals surface area contributed by atoms with Gasteiger partial charge < -0.3 is 19.7 Å². The van der Waals surface area contributed by atoms with Crippen LogP contribution in [0.3, 0.4) is 0 Å². The number of fused-ring (bicyclic) bond motifs is 1. The molecule has 0 fully saturated rings. The summed E-state index contributed by atoms with van der Waals surface area (Å²) in [6, 6.07) is 1.71. The number of hydrogen-bond donors (Lipinski definition) is 2. The van der Waals surface area contributed by atoms with Crippen molar-refractivity contribution in [1.82, 2.24) is 4.98 Å². The summed E-state index contributed by atoms with van der Waals surface area (Å²) in [6.07, 6.45) is 0.804. The minimum Gasteiger partial charge on any atom is -0.484 e. The number of nitrogens with zero attached hydrogens (tertiary/aromatic N) is 1. The average molecular weight is 225 g/mol. The van der Waals surface area contributed by atoms with E-state index in [-0.39, 0.29) is 12.5 Å². The van der Waals surface area contributed by atoms with Crippen molar-refractivity contribution in [3.63, 3.8) is 0 Å². The van der Waals surface area contributed by atoms with E-state index in [1.165, 1.54) is 0 Å². The van der Waals surface area contributed by atoms with Crippen LogP contribution in [0.2, 0.25) is 0 Å². The first-order valence-corrected chi connectivity index (χ1v) is 5.27. The third kappa shape index (κ3) is 2.10. The molecule has 88 valence electrons. The second-order valence-corrected chi connectivity index (χ2v) is 3.87. The molecule has 16 heavy (non-hydrogen) atoms. The fourth-order valence-electron chi connectivity index (χ4n) is 1.54. The maximum Gasteiger partial charge on any atom is 0.257 e. The highest BCUT2D eigenvalue weighted by Crippen LogP contribution is 2.31. The predicted molar refractivity (Wildman–Crippen MR) is 56.4 cm³/mol. The third-order valence-corrected chi connectivity index (χ3v) is 2.59. The SMILES string of the molecule is C[C@H](CO)[C@H](O)c1cnc2c(c1)OCCO2. The summed E-state index contributed by atoms with van der Waals surface area (Å²) in [5.74, 6) is 0.774. The van der Waals surface area contributed by atoms with Gasteiger partial charge in [0.2, 0.25) is 0 Å². The maximum atomic E-state index is 9.89. The van der Waals surface area contributed by atoms with E-state index < -0.39 is 6.10 Å². The number of aliphatic hydroxyl groups is 2. The van der Waals surface area contributed by atoms with Crippen LogP contribution in [-0.4, -0.2) is 35.0 Å². The molecule has 0 radical (unpaired) electrons. The predicted octanol–water partition coefficient (Wildman–Crippen LogP) is 0.515. The zero-order valence-corrected chi connectivity index (χ0v) is 9.09. The van der Waals surface area contributed by atoms with E-state index in [0.717, 1.165) is 0 Å². The molecule has 2 N–H and O–H groups in total. The maximum absolute atomic E-state index is 9.89. The first kappa shape index (κ1) is 11.2. The molecule has 0 aromatic carbocycles. The van der Waals surface area contributed by atoms with Gasteiger partial charge in [0, 0.05) is 24.3 Å². The molecule has 0 amide bonds. The summed E-state index contributed by atoms with van der Waals surface area (Å²) in [6.45, 7) is 2.68. The molecular weight excluding hydrogens is 210 g/mol. The molecule has 2 atom stereocenters. The van der Waals surface area contributed by atoms with Crippen LogP contribution in [0.1, 0.15) is 18.6 Å². The number of aromatic nitrogens is 1. The Balaban J connectivity index is 2.22. The number of aliphatic hydroxyl groups excluding tert-OH is 2. The largest absolute Gasteiger partial charge is 0.484 e. The van der Waals surface area contributed by atoms with Gasteiger partial charge in [-0.15, -0.1) is 0 Å². The van der Waals surface area contributed by atoms with Crippen molar-refractivity contribution >= 4 is 0 Å². The molecule has 0 saturated heterocycles. The fourth-order valence-corrected chi connectivity index (χ4v) is 1.54. The van der Waals surface area contributed by atoms with E-state index in [4.69, 9.17) is 14.6 Å². The monoisotopic (exact) mass is 225 g/mol. The second kappa shape index (κ2) is 4.67. The van der Waals surface area contributed by atoms with Gasteiger partial charge in [0.05, 0.1) is 6.10 Å². The molecule has 2 heterocycles. The lowest BCUT2D eigenvalue weighted by Gasteiger charge is -2.21. The van der Waals surface area contributed by atoms with Crippen molar-refractivity contribution in [1.29, 1.82) is 0 Å². The highest BCUT2D eigenvalue weighted by Gasteiger charge is 2.20. The third-order valence-electron chi connectivity index (χ3n) is 2.59. The number of hydrogen-bond acceptors (Lipinski definition) is 5. The number of pyridine rings is 1. The summed E-state index contributed by atoms with van der Waals surface area (Å²) in [5, 5.41) is 18.9. The highest BCUT2D eigenvalue weighted by atomic mass is 16.6. The summed E-state index contributed by atoms with van der Waals surface area (Å²) in [5.41, 5.74) is 0.630. The van der Waals surface area contributed by atoms with Gasteiger partial charge in [-0.1, -0.05) is 6.92 Å². The van der Waals surface area contributed by atoms with Crippen LogP contribution in [0.5, 0.6) is 11.6 Å². The van der Waals surface area contributed by atoms with E-state index in [1.54, 1.807) is 19.2 Å². The molecule has 1 aromatic heterocycles. The standard InChI is InChI=1S/C11H15NO4/c1-7(6-13)10(14)8-4-9-11(12-5-8)16-3-2-15-9/h4-5,7,10,13-14H,2-3,6H2,1H3/t7-,10+/m1/s1. The summed E-state index contributed by atoms with van der Waals surface area (Å²) >= 11 is 0. The Morgan fingerprint density at radius 3 is 2.94 bits per heavy atom. The van der Waals surface area contributed by atoms with E-state index in [0.29, 0.717) is 30.4 Å². The topological polar surface area (TPSA) is 71.8 Å². The zero-order valence-electron chi connectivity index (χ0n) is 9.09. The fraction of sp³-hybridized carbons (Fsp3) is 0.545. The Labute approximate surface area is 93.7 Å². The summed E-state index contributed by atoms with van der Waals surface area (Å²) < 4.78 is 10.6. The molecule has 1 aromatic rings. The minimum absolute atomic E-state index is 0.0738. The van der Waals surface area contributed by atoms with Crippen LogP contribution >= 0.6 is 0 Å². The zero-order chi connectivity index (χ0) is 11.5. The van der Waals surface area contributed by atoms with Crippen molar-refractivity contribution < 1.29 is 19.7 Å². The lowest BCUT2D eigenvalue weighted by molar-refractivity contribution is 0.0759. The van der Waals surface area contributed by atoms with Gasteiger partial charge in [-0.25, -0.2) is 4.98 Å². The van der Waals surface area contributed by atoms with Crippen molar-refractivity contribution in [3.05, 3.63) is 17.8 Å². The first-order valence-electron chi connectivity index (χ1n) is 5.27. The smallest absolute Gasteiger partial charge is 0.257 e. The molecular formula is C11H15NO4. The van der Waals surface area contributed by atoms with Gasteiger partial charge in [-0.2, -0.15) is 0 Å². The van der Waals surface area contributed by atoms with Gasteiger partial charge >= 0.3 is 0 Å².